The molecule has 2 aromatic carbocycles. The van der Waals surface area contributed by atoms with Crippen LogP contribution < -0.4 is 0 Å². The summed E-state index contributed by atoms with van der Waals surface area (Å²) < 4.78 is 6.67. The van der Waals surface area contributed by atoms with Crippen LogP contribution in [-0.2, 0) is 23.0 Å². The molecule has 0 aliphatic heterocycles. The third-order valence-electron chi connectivity index (χ3n) is 4.68. The van der Waals surface area contributed by atoms with Crippen LogP contribution >= 0.6 is 0 Å². The summed E-state index contributed by atoms with van der Waals surface area (Å²) in [6, 6.07) is 15.8. The van der Waals surface area contributed by atoms with Crippen molar-refractivity contribution in [1.82, 2.24) is 9.55 Å². The summed E-state index contributed by atoms with van der Waals surface area (Å²) in [6.07, 6.45) is 3.02. The predicted octanol–water partition coefficient (Wildman–Crippen LogP) is 4.06. The number of ether oxygens (including phenoxy) is 1. The summed E-state index contributed by atoms with van der Waals surface area (Å²) in [5.41, 5.74) is 5.39. The van der Waals surface area contributed by atoms with Crippen LogP contribution in [0.25, 0.3) is 22.6 Å². The quantitative estimate of drug-likeness (QED) is 0.304. The Labute approximate surface area is 164 Å². The Morgan fingerprint density at radius 2 is 1.75 bits per heavy atom. The summed E-state index contributed by atoms with van der Waals surface area (Å²) in [7, 11) is 3.37. The fraction of sp³-hybridized carbons (Fsp3) is 0.227. The molecule has 144 valence electrons. The molecular formula is C22H23N3O3. The highest BCUT2D eigenvalue weighted by molar-refractivity contribution is 5.98. The number of aromatic nitrogens is 2. The summed E-state index contributed by atoms with van der Waals surface area (Å²) >= 11 is 0. The van der Waals surface area contributed by atoms with Gasteiger partial charge in [-0.3, -0.25) is 4.79 Å². The molecule has 0 saturated heterocycles. The first-order valence-electron chi connectivity index (χ1n) is 9.00. The molecule has 1 aromatic heterocycles. The van der Waals surface area contributed by atoms with Crippen LogP contribution in [0.5, 0.6) is 0 Å². The van der Waals surface area contributed by atoms with Gasteiger partial charge in [-0.05, 0) is 24.5 Å². The van der Waals surface area contributed by atoms with Crippen LogP contribution in [0, 0.1) is 0 Å². The number of benzene rings is 2. The SMILES string of the molecule is COC(=O)CCc1ccc(-c2nc(-c3ccc(/C(C)=N/O)cc3)cn2C)cc1. The topological polar surface area (TPSA) is 76.7 Å². The van der Waals surface area contributed by atoms with Crippen molar-refractivity contribution in [3.05, 3.63) is 65.9 Å². The first-order chi connectivity index (χ1) is 13.5. The molecule has 0 fully saturated rings. The average Bonchev–Trinajstić information content (AvgIpc) is 3.13. The number of hydrogen-bond acceptors (Lipinski definition) is 5. The second kappa shape index (κ2) is 8.52. The van der Waals surface area contributed by atoms with E-state index in [1.807, 2.05) is 66.3 Å². The number of hydrogen-bond donors (Lipinski definition) is 1. The van der Waals surface area contributed by atoms with Gasteiger partial charge in [-0.1, -0.05) is 53.7 Å². The van der Waals surface area contributed by atoms with E-state index in [2.05, 4.69) is 9.89 Å². The molecule has 0 bridgehead atoms. The first kappa shape index (κ1) is 19.4. The molecule has 3 aromatic rings. The molecule has 1 N–H and O–H groups in total. The number of aryl methyl sites for hydroxylation is 2. The van der Waals surface area contributed by atoms with Gasteiger partial charge in [-0.2, -0.15) is 0 Å². The number of carbonyl (C=O) groups excluding carboxylic acids is 1. The Morgan fingerprint density at radius 3 is 2.36 bits per heavy atom. The second-order valence-electron chi connectivity index (χ2n) is 6.60. The second-order valence-corrected chi connectivity index (χ2v) is 6.60. The fourth-order valence-electron chi connectivity index (χ4n) is 2.98. The molecule has 6 nitrogen and oxygen atoms in total. The number of esters is 1. The van der Waals surface area contributed by atoms with E-state index in [0.717, 1.165) is 33.8 Å². The monoisotopic (exact) mass is 377 g/mol. The van der Waals surface area contributed by atoms with Gasteiger partial charge in [-0.15, -0.1) is 0 Å². The zero-order valence-electron chi connectivity index (χ0n) is 16.2. The number of imidazole rings is 1. The Bertz CT molecular complexity index is 987. The molecule has 0 aliphatic rings. The fourth-order valence-corrected chi connectivity index (χ4v) is 2.98. The van der Waals surface area contributed by atoms with E-state index in [1.54, 1.807) is 6.92 Å². The average molecular weight is 377 g/mol. The van der Waals surface area contributed by atoms with E-state index in [9.17, 15) is 4.79 Å². The number of rotatable bonds is 6. The highest BCUT2D eigenvalue weighted by Gasteiger charge is 2.10. The molecule has 0 aliphatic carbocycles. The van der Waals surface area contributed by atoms with Gasteiger partial charge < -0.3 is 14.5 Å². The van der Waals surface area contributed by atoms with E-state index in [0.29, 0.717) is 18.6 Å². The lowest BCUT2D eigenvalue weighted by atomic mass is 10.1. The molecule has 6 heteroatoms. The molecule has 0 amide bonds. The van der Waals surface area contributed by atoms with Crippen molar-refractivity contribution in [3.63, 3.8) is 0 Å². The summed E-state index contributed by atoms with van der Waals surface area (Å²) in [6.45, 7) is 1.75. The van der Waals surface area contributed by atoms with Crippen molar-refractivity contribution in [2.24, 2.45) is 12.2 Å². The molecule has 0 spiro atoms. The molecule has 1 heterocycles. The zero-order valence-corrected chi connectivity index (χ0v) is 16.2. The van der Waals surface area contributed by atoms with E-state index in [-0.39, 0.29) is 5.97 Å². The van der Waals surface area contributed by atoms with Crippen molar-refractivity contribution >= 4 is 11.7 Å². The number of carbonyl (C=O) groups is 1. The van der Waals surface area contributed by atoms with Crippen LogP contribution in [-0.4, -0.2) is 33.5 Å². The van der Waals surface area contributed by atoms with Gasteiger partial charge in [0.1, 0.15) is 5.82 Å². The lowest BCUT2D eigenvalue weighted by Crippen LogP contribution is -2.01. The third kappa shape index (κ3) is 4.28. The van der Waals surface area contributed by atoms with Crippen molar-refractivity contribution in [2.75, 3.05) is 7.11 Å². The Kier molecular flexibility index (Phi) is 5.89. The van der Waals surface area contributed by atoms with Crippen LogP contribution in [0.4, 0.5) is 0 Å². The third-order valence-corrected chi connectivity index (χ3v) is 4.68. The Hall–Kier alpha value is -3.41. The predicted molar refractivity (Wildman–Crippen MR) is 108 cm³/mol. The van der Waals surface area contributed by atoms with Gasteiger partial charge in [0.25, 0.3) is 0 Å². The van der Waals surface area contributed by atoms with Crippen LogP contribution in [0.3, 0.4) is 0 Å². The lowest BCUT2D eigenvalue weighted by molar-refractivity contribution is -0.140. The molecule has 0 unspecified atom stereocenters. The van der Waals surface area contributed by atoms with Gasteiger partial charge in [0.05, 0.1) is 18.5 Å². The number of methoxy groups -OCH3 is 1. The van der Waals surface area contributed by atoms with Gasteiger partial charge in [0.2, 0.25) is 0 Å². The highest BCUT2D eigenvalue weighted by Crippen LogP contribution is 2.25. The van der Waals surface area contributed by atoms with Crippen LogP contribution in [0.2, 0.25) is 0 Å². The van der Waals surface area contributed by atoms with Gasteiger partial charge in [0, 0.05) is 30.8 Å². The summed E-state index contributed by atoms with van der Waals surface area (Å²) in [4.78, 5) is 16.0. The largest absolute Gasteiger partial charge is 0.469 e. The van der Waals surface area contributed by atoms with Crippen molar-refractivity contribution in [3.8, 4) is 22.6 Å². The first-order valence-corrected chi connectivity index (χ1v) is 9.00. The smallest absolute Gasteiger partial charge is 0.305 e. The minimum atomic E-state index is -0.204. The van der Waals surface area contributed by atoms with Gasteiger partial charge >= 0.3 is 5.97 Å². The van der Waals surface area contributed by atoms with E-state index < -0.39 is 0 Å². The maximum absolute atomic E-state index is 11.3. The number of nitrogens with zero attached hydrogens (tertiary/aromatic N) is 3. The standard InChI is InChI=1S/C22H23N3O3/c1-15(24-27)17-9-11-18(12-10-17)20-14-25(2)22(23-20)19-7-4-16(5-8-19)6-13-21(26)28-3/h4-5,7-12,14,27H,6,13H2,1-3H3/b24-15+. The Morgan fingerprint density at radius 1 is 1.11 bits per heavy atom. The molecule has 28 heavy (non-hydrogen) atoms. The maximum atomic E-state index is 11.3. The molecule has 3 rings (SSSR count). The van der Waals surface area contributed by atoms with Crippen molar-refractivity contribution in [2.45, 2.75) is 19.8 Å². The minimum absolute atomic E-state index is 0.204. The summed E-state index contributed by atoms with van der Waals surface area (Å²) in [5.74, 6) is 0.663. The normalized spacial score (nSPS) is 11.5. The van der Waals surface area contributed by atoms with Crippen molar-refractivity contribution < 1.29 is 14.7 Å². The van der Waals surface area contributed by atoms with Crippen LogP contribution in [0.1, 0.15) is 24.5 Å². The van der Waals surface area contributed by atoms with E-state index in [1.165, 1.54) is 7.11 Å². The lowest BCUT2D eigenvalue weighted by Gasteiger charge is -2.04. The number of oxime groups is 1. The van der Waals surface area contributed by atoms with Crippen molar-refractivity contribution in [1.29, 1.82) is 0 Å². The Balaban J connectivity index is 1.79. The maximum Gasteiger partial charge on any atom is 0.305 e. The van der Waals surface area contributed by atoms with E-state index >= 15 is 0 Å². The molecule has 0 atom stereocenters. The van der Waals surface area contributed by atoms with E-state index in [4.69, 9.17) is 10.2 Å². The zero-order chi connectivity index (χ0) is 20.1. The molecule has 0 saturated carbocycles. The highest BCUT2D eigenvalue weighted by atomic mass is 16.5. The van der Waals surface area contributed by atoms with Gasteiger partial charge in [-0.25, -0.2) is 4.98 Å². The minimum Gasteiger partial charge on any atom is -0.469 e. The van der Waals surface area contributed by atoms with Gasteiger partial charge in [0.15, 0.2) is 0 Å². The molecular weight excluding hydrogens is 354 g/mol. The summed E-state index contributed by atoms with van der Waals surface area (Å²) in [5, 5.41) is 12.1. The van der Waals surface area contributed by atoms with Crippen LogP contribution in [0.15, 0.2) is 59.9 Å². The molecule has 0 radical (unpaired) electrons.